The third-order valence-corrected chi connectivity index (χ3v) is 42.2. The molecule has 0 bridgehead atoms. The molecule has 0 amide bonds. The Morgan fingerprint density at radius 3 is 0.516 bits per heavy atom. The second-order valence-corrected chi connectivity index (χ2v) is 45.9. The number of benzene rings is 4. The topological polar surface area (TPSA) is 0 Å². The average molecular weight is 924 g/mol. The van der Waals surface area contributed by atoms with Crippen molar-refractivity contribution in [2.45, 2.75) is 233 Å². The molecule has 346 valence electrons. The van der Waals surface area contributed by atoms with Crippen LogP contribution in [-0.4, -0.2) is 32.3 Å². The lowest BCUT2D eigenvalue weighted by Crippen LogP contribution is -2.43. The normalized spacial score (nSPS) is 13.2. The first-order valence-electron chi connectivity index (χ1n) is 25.6. The van der Waals surface area contributed by atoms with Crippen LogP contribution in [0, 0.1) is 45.9 Å². The fourth-order valence-corrected chi connectivity index (χ4v) is 34.8. The van der Waals surface area contributed by atoms with Gasteiger partial charge in [-0.3, -0.25) is 0 Å². The monoisotopic (exact) mass is 923 g/mol. The van der Waals surface area contributed by atoms with Gasteiger partial charge in [0.25, 0.3) is 0 Å². The molecule has 4 heteroatoms. The standard InChI is InChI=1S/C60H90Si4/c1-39(2)61(40(3)4,41(5)6)35-31-51-52(32-36-62(42(7)8,43(9)10)44(11)12)56-28-26-30-58-54(34-38-64(48(19)20,49(21)22)50(23)24)53(57-29-25-27-55(51)59(57)60(56)58)33-37-63(45(13)14,46(15)16)47(17)18/h25-30,39-50H,1-24H3. The summed E-state index contributed by atoms with van der Waals surface area (Å²) in [5.41, 5.74) is 27.7. The molecule has 0 spiro atoms. The number of hydrogen-bond acceptors (Lipinski definition) is 0. The molecule has 0 N–H and O–H groups in total. The van der Waals surface area contributed by atoms with Crippen LogP contribution in [0.1, 0.15) is 188 Å². The molecular weight excluding hydrogens is 833 g/mol. The molecule has 0 heterocycles. The molecule has 0 unspecified atom stereocenters. The maximum Gasteiger partial charge on any atom is 0.146 e. The van der Waals surface area contributed by atoms with Crippen LogP contribution in [0.5, 0.6) is 0 Å². The third kappa shape index (κ3) is 8.95. The summed E-state index contributed by atoms with van der Waals surface area (Å²) in [4.78, 5) is 0. The van der Waals surface area contributed by atoms with Crippen molar-refractivity contribution in [1.82, 2.24) is 0 Å². The van der Waals surface area contributed by atoms with Gasteiger partial charge in [0.1, 0.15) is 32.3 Å². The minimum Gasteiger partial charge on any atom is -0.125 e. The Labute approximate surface area is 399 Å². The van der Waals surface area contributed by atoms with E-state index in [4.69, 9.17) is 0 Å². The zero-order valence-corrected chi connectivity index (χ0v) is 49.4. The summed E-state index contributed by atoms with van der Waals surface area (Å²) >= 11 is 0. The molecule has 0 radical (unpaired) electrons. The Balaban J connectivity index is 2.51. The molecule has 0 saturated carbocycles. The van der Waals surface area contributed by atoms with Crippen LogP contribution in [0.15, 0.2) is 36.4 Å². The molecule has 64 heavy (non-hydrogen) atoms. The van der Waals surface area contributed by atoms with E-state index in [1.807, 2.05) is 0 Å². The van der Waals surface area contributed by atoms with E-state index in [0.717, 1.165) is 22.3 Å². The molecule has 4 aromatic rings. The first-order chi connectivity index (χ1) is 29.7. The lowest BCUT2D eigenvalue weighted by Gasteiger charge is -2.38. The van der Waals surface area contributed by atoms with E-state index in [1.54, 1.807) is 0 Å². The van der Waals surface area contributed by atoms with Gasteiger partial charge in [-0.2, -0.15) is 0 Å². The van der Waals surface area contributed by atoms with Gasteiger partial charge in [0.05, 0.1) is 0 Å². The van der Waals surface area contributed by atoms with Gasteiger partial charge in [-0.15, -0.1) is 22.2 Å². The van der Waals surface area contributed by atoms with Crippen molar-refractivity contribution in [3.05, 3.63) is 58.7 Å². The smallest absolute Gasteiger partial charge is 0.125 e. The summed E-state index contributed by atoms with van der Waals surface area (Å²) in [6.07, 6.45) is 0. The van der Waals surface area contributed by atoms with E-state index in [-0.39, 0.29) is 0 Å². The molecule has 0 fully saturated rings. The van der Waals surface area contributed by atoms with Crippen molar-refractivity contribution >= 4 is 64.6 Å². The molecule has 0 atom stereocenters. The highest BCUT2D eigenvalue weighted by atomic mass is 28.3. The first-order valence-corrected chi connectivity index (χ1v) is 34.5. The van der Waals surface area contributed by atoms with Crippen LogP contribution >= 0.6 is 0 Å². The van der Waals surface area contributed by atoms with Crippen LogP contribution < -0.4 is 0 Å². The van der Waals surface area contributed by atoms with Gasteiger partial charge in [-0.1, -0.05) is 226 Å². The van der Waals surface area contributed by atoms with Crippen LogP contribution in [0.2, 0.25) is 66.5 Å². The Morgan fingerprint density at radius 2 is 0.391 bits per heavy atom. The van der Waals surface area contributed by atoms with Crippen LogP contribution in [0.3, 0.4) is 0 Å². The van der Waals surface area contributed by atoms with Gasteiger partial charge in [-0.25, -0.2) is 0 Å². The molecule has 4 aromatic carbocycles. The van der Waals surface area contributed by atoms with Gasteiger partial charge in [-0.05, 0) is 88.0 Å². The lowest BCUT2D eigenvalue weighted by molar-refractivity contribution is 0.838. The SMILES string of the molecule is CC(C)[Si](C#Cc1c(C#C[Si](C(C)C)(C(C)C)C(C)C)c2cccc3c(C#C[Si](C(C)C)(C(C)C)C(C)C)c(C#C[Si](C(C)C)(C(C)C)C(C)C)c4cccc1c4c23)(C(C)C)C(C)C. The maximum atomic E-state index is 4.21. The minimum atomic E-state index is -2.10. The van der Waals surface area contributed by atoms with Gasteiger partial charge < -0.3 is 0 Å². The molecule has 0 nitrogen and oxygen atoms in total. The van der Waals surface area contributed by atoms with Crippen LogP contribution in [-0.2, 0) is 0 Å². The number of hydrogen-bond donors (Lipinski definition) is 0. The Hall–Kier alpha value is -2.97. The maximum absolute atomic E-state index is 4.21. The Kier molecular flexibility index (Phi) is 17.2. The molecule has 0 aliphatic carbocycles. The Bertz CT molecular complexity index is 2090. The van der Waals surface area contributed by atoms with Crippen LogP contribution in [0.4, 0.5) is 0 Å². The van der Waals surface area contributed by atoms with Crippen molar-refractivity contribution in [2.24, 2.45) is 0 Å². The zero-order chi connectivity index (χ0) is 48.6. The minimum absolute atomic E-state index is 0.529. The predicted molar refractivity (Wildman–Crippen MR) is 302 cm³/mol. The summed E-state index contributed by atoms with van der Waals surface area (Å²) in [5.74, 6) is 16.4. The van der Waals surface area contributed by atoms with E-state index >= 15 is 0 Å². The van der Waals surface area contributed by atoms with Crippen molar-refractivity contribution in [3.8, 4) is 45.9 Å². The second kappa shape index (κ2) is 20.5. The van der Waals surface area contributed by atoms with Crippen molar-refractivity contribution < 1.29 is 0 Å². The van der Waals surface area contributed by atoms with Crippen molar-refractivity contribution in [3.63, 3.8) is 0 Å². The molecule has 0 aliphatic heterocycles. The molecule has 0 aliphatic rings. The summed E-state index contributed by atoms with van der Waals surface area (Å²) in [6.45, 7) is 58.3. The van der Waals surface area contributed by atoms with E-state index in [1.165, 1.54) is 32.3 Å². The van der Waals surface area contributed by atoms with Gasteiger partial charge in [0.2, 0.25) is 0 Å². The molecular formula is C60H90Si4. The van der Waals surface area contributed by atoms with Crippen molar-refractivity contribution in [2.75, 3.05) is 0 Å². The first kappa shape index (κ1) is 53.6. The summed E-state index contributed by atoms with van der Waals surface area (Å²) in [5, 5.41) is 7.47. The third-order valence-electron chi connectivity index (χ3n) is 17.0. The van der Waals surface area contributed by atoms with E-state index in [0.29, 0.717) is 66.5 Å². The second-order valence-electron chi connectivity index (χ2n) is 23.5. The molecule has 0 saturated heterocycles. The van der Waals surface area contributed by atoms with E-state index in [2.05, 4.69) is 248 Å². The molecule has 0 aromatic heterocycles. The lowest BCUT2D eigenvalue weighted by atomic mass is 9.84. The Morgan fingerprint density at radius 1 is 0.250 bits per heavy atom. The van der Waals surface area contributed by atoms with Crippen molar-refractivity contribution in [1.29, 1.82) is 0 Å². The highest BCUT2D eigenvalue weighted by molar-refractivity contribution is 6.92. The quantitative estimate of drug-likeness (QED) is 0.0755. The van der Waals surface area contributed by atoms with E-state index < -0.39 is 32.3 Å². The van der Waals surface area contributed by atoms with E-state index in [9.17, 15) is 0 Å². The predicted octanol–water partition coefficient (Wildman–Crippen LogP) is 18.9. The highest BCUT2D eigenvalue weighted by Gasteiger charge is 2.45. The summed E-state index contributed by atoms with van der Waals surface area (Å²) in [7, 11) is -8.41. The average Bonchev–Trinajstić information content (AvgIpc) is 3.17. The van der Waals surface area contributed by atoms with Gasteiger partial charge >= 0.3 is 0 Å². The van der Waals surface area contributed by atoms with Crippen LogP contribution in [0.25, 0.3) is 32.3 Å². The summed E-state index contributed by atoms with van der Waals surface area (Å²) < 4.78 is 0. The summed E-state index contributed by atoms with van der Waals surface area (Å²) in [6, 6.07) is 14.0. The van der Waals surface area contributed by atoms with Gasteiger partial charge in [0.15, 0.2) is 0 Å². The largest absolute Gasteiger partial charge is 0.146 e. The fraction of sp³-hybridized carbons (Fsp3) is 0.600. The zero-order valence-electron chi connectivity index (χ0n) is 45.4. The number of rotatable bonds is 12. The van der Waals surface area contributed by atoms with Gasteiger partial charge in [0, 0.05) is 33.0 Å². The fourth-order valence-electron chi connectivity index (χ4n) is 13.9. The highest BCUT2D eigenvalue weighted by Crippen LogP contribution is 2.47. The molecule has 4 rings (SSSR count).